The van der Waals surface area contributed by atoms with E-state index in [0.29, 0.717) is 54.5 Å². The first-order valence-electron chi connectivity index (χ1n) is 13.4. The first-order valence-corrected chi connectivity index (χ1v) is 13.8. The lowest BCUT2D eigenvalue weighted by atomic mass is 10.0. The molecule has 0 bridgehead atoms. The molecule has 0 spiro atoms. The Hall–Kier alpha value is -4.17. The number of amidine groups is 1. The highest BCUT2D eigenvalue weighted by molar-refractivity contribution is 6.36. The standard InChI is InChI=1S/C28H30ClN7O4/c1-17-13-23(34-40-17)26(38)19(14-30)27(32-21-9-6-7-18-20(29)15-31-25(18)21)33-22-8-2-3-12-36(28(22)39)16-24(37)35-10-4-5-11-35/h6-7,9,13,15,19,22,31H,2-5,8,10-12,16H2,1H3,(H,32,33)/t19?,22-/m0/s1. The molecule has 5 rings (SSSR count). The minimum absolute atomic E-state index is 0.00722. The number of anilines is 1. The normalized spacial score (nSPS) is 19.0. The Balaban J connectivity index is 1.49. The summed E-state index contributed by atoms with van der Waals surface area (Å²) in [6.07, 6.45) is 5.43. The molecule has 1 aromatic carbocycles. The topological polar surface area (TPSA) is 148 Å². The van der Waals surface area contributed by atoms with Crippen molar-refractivity contribution >= 4 is 51.6 Å². The van der Waals surface area contributed by atoms with Crippen molar-refractivity contribution in [1.82, 2.24) is 19.9 Å². The van der Waals surface area contributed by atoms with E-state index in [9.17, 15) is 19.6 Å². The molecular formula is C28H30ClN7O4. The first kappa shape index (κ1) is 27.4. The fourth-order valence-electron chi connectivity index (χ4n) is 5.17. The minimum atomic E-state index is -1.39. The number of Topliss-reactive ketones (excluding diaryl/α,β-unsaturated/α-hetero) is 1. The van der Waals surface area contributed by atoms with E-state index in [0.717, 1.165) is 24.6 Å². The smallest absolute Gasteiger partial charge is 0.247 e. The van der Waals surface area contributed by atoms with Gasteiger partial charge >= 0.3 is 0 Å². The number of fused-ring (bicyclic) bond motifs is 1. The third-order valence-corrected chi connectivity index (χ3v) is 7.62. The van der Waals surface area contributed by atoms with Crippen molar-refractivity contribution in [3.63, 3.8) is 0 Å². The maximum absolute atomic E-state index is 13.7. The highest BCUT2D eigenvalue weighted by atomic mass is 35.5. The van der Waals surface area contributed by atoms with Crippen LogP contribution < -0.4 is 5.32 Å². The molecule has 2 saturated heterocycles. The summed E-state index contributed by atoms with van der Waals surface area (Å²) in [6.45, 7) is 3.51. The zero-order valence-electron chi connectivity index (χ0n) is 22.2. The van der Waals surface area contributed by atoms with Crippen molar-refractivity contribution in [3.05, 3.63) is 46.9 Å². The summed E-state index contributed by atoms with van der Waals surface area (Å²) in [6, 6.07) is 8.01. The fraction of sp³-hybridized carbons (Fsp3) is 0.429. The summed E-state index contributed by atoms with van der Waals surface area (Å²) < 4.78 is 5.06. The number of aryl methyl sites for hydroxylation is 1. The molecule has 2 atom stereocenters. The molecule has 40 heavy (non-hydrogen) atoms. The zero-order chi connectivity index (χ0) is 28.2. The summed E-state index contributed by atoms with van der Waals surface area (Å²) in [5, 5.41) is 18.3. The number of aromatic amines is 1. The van der Waals surface area contributed by atoms with Gasteiger partial charge in [0.15, 0.2) is 11.6 Å². The third-order valence-electron chi connectivity index (χ3n) is 7.31. The zero-order valence-corrected chi connectivity index (χ0v) is 22.9. The molecule has 2 aliphatic heterocycles. The van der Waals surface area contributed by atoms with Crippen molar-refractivity contribution in [3.8, 4) is 6.07 Å². The predicted molar refractivity (Wildman–Crippen MR) is 149 cm³/mol. The number of rotatable bonds is 7. The number of hydrogen-bond donors (Lipinski definition) is 2. The van der Waals surface area contributed by atoms with Crippen molar-refractivity contribution in [2.75, 3.05) is 31.5 Å². The van der Waals surface area contributed by atoms with E-state index < -0.39 is 17.7 Å². The van der Waals surface area contributed by atoms with Crippen LogP contribution in [0.15, 0.2) is 40.0 Å². The third kappa shape index (κ3) is 5.72. The number of para-hydroxylation sites is 1. The number of H-pyrrole nitrogens is 1. The maximum Gasteiger partial charge on any atom is 0.247 e. The Labute approximate surface area is 236 Å². The molecule has 2 amide bonds. The Morgan fingerprint density at radius 2 is 2.05 bits per heavy atom. The molecule has 3 aromatic rings. The van der Waals surface area contributed by atoms with Gasteiger partial charge in [-0.3, -0.25) is 19.4 Å². The van der Waals surface area contributed by atoms with Crippen molar-refractivity contribution < 1.29 is 18.9 Å². The lowest BCUT2D eigenvalue weighted by molar-refractivity contribution is -0.140. The van der Waals surface area contributed by atoms with E-state index in [2.05, 4.69) is 15.5 Å². The van der Waals surface area contributed by atoms with Crippen LogP contribution in [0.2, 0.25) is 5.02 Å². The summed E-state index contributed by atoms with van der Waals surface area (Å²) in [5.74, 6) is -1.93. The van der Waals surface area contributed by atoms with Crippen LogP contribution in [0.1, 0.15) is 48.4 Å². The Morgan fingerprint density at radius 3 is 2.77 bits per heavy atom. The Bertz CT molecular complexity index is 1500. The van der Waals surface area contributed by atoms with Gasteiger partial charge in [-0.1, -0.05) is 28.9 Å². The van der Waals surface area contributed by atoms with E-state index in [1.54, 1.807) is 35.1 Å². The monoisotopic (exact) mass is 563 g/mol. The van der Waals surface area contributed by atoms with Gasteiger partial charge < -0.3 is 24.6 Å². The van der Waals surface area contributed by atoms with E-state index in [4.69, 9.17) is 21.1 Å². The number of likely N-dealkylation sites (tertiary alicyclic amines) is 2. The number of carbonyl (C=O) groups excluding carboxylic acids is 3. The van der Waals surface area contributed by atoms with Crippen LogP contribution in [-0.2, 0) is 9.59 Å². The van der Waals surface area contributed by atoms with Crippen LogP contribution in [0.5, 0.6) is 0 Å². The van der Waals surface area contributed by atoms with Gasteiger partial charge in [0.1, 0.15) is 17.6 Å². The average Bonchev–Trinajstić information content (AvgIpc) is 3.70. The molecule has 11 nitrogen and oxygen atoms in total. The molecule has 0 saturated carbocycles. The number of benzene rings is 1. The largest absolute Gasteiger partial charge is 0.361 e. The summed E-state index contributed by atoms with van der Waals surface area (Å²) in [5.41, 5.74) is 1.19. The van der Waals surface area contributed by atoms with Crippen LogP contribution in [0.25, 0.3) is 10.9 Å². The van der Waals surface area contributed by atoms with Crippen LogP contribution in [0.4, 0.5) is 5.69 Å². The summed E-state index contributed by atoms with van der Waals surface area (Å²) in [7, 11) is 0. The molecule has 1 unspecified atom stereocenters. The van der Waals surface area contributed by atoms with Gasteiger partial charge in [-0.25, -0.2) is 0 Å². The lowest BCUT2D eigenvalue weighted by Gasteiger charge is -2.25. The van der Waals surface area contributed by atoms with Crippen molar-refractivity contribution in [2.45, 2.75) is 45.1 Å². The second kappa shape index (κ2) is 11.9. The maximum atomic E-state index is 13.7. The molecule has 4 heterocycles. The average molecular weight is 564 g/mol. The van der Waals surface area contributed by atoms with Gasteiger partial charge in [0.25, 0.3) is 0 Å². The Kier molecular flexibility index (Phi) is 8.16. The fourth-order valence-corrected chi connectivity index (χ4v) is 5.39. The number of nitriles is 1. The molecule has 12 heteroatoms. The number of carbonyl (C=O) groups is 3. The Morgan fingerprint density at radius 1 is 1.27 bits per heavy atom. The molecular weight excluding hydrogens is 534 g/mol. The van der Waals surface area contributed by atoms with Crippen molar-refractivity contribution in [1.29, 1.82) is 5.26 Å². The second-order valence-electron chi connectivity index (χ2n) is 10.1. The quantitative estimate of drug-likeness (QED) is 0.251. The van der Waals surface area contributed by atoms with Gasteiger partial charge in [0.2, 0.25) is 17.6 Å². The number of nitrogens with one attached hydrogen (secondary N) is 2. The molecule has 2 aliphatic rings. The first-order chi connectivity index (χ1) is 19.4. The number of nitrogens with zero attached hydrogens (tertiary/aromatic N) is 5. The molecule has 2 aromatic heterocycles. The summed E-state index contributed by atoms with van der Waals surface area (Å²) in [4.78, 5) is 51.0. The van der Waals surface area contributed by atoms with Crippen LogP contribution >= 0.6 is 11.6 Å². The number of amides is 2. The lowest BCUT2D eigenvalue weighted by Crippen LogP contribution is -2.45. The van der Waals surface area contributed by atoms with Gasteiger partial charge in [0, 0.05) is 37.3 Å². The predicted octanol–water partition coefficient (Wildman–Crippen LogP) is 3.95. The number of aliphatic imine (C=N–C) groups is 1. The van der Waals surface area contributed by atoms with Crippen LogP contribution in [0.3, 0.4) is 0 Å². The summed E-state index contributed by atoms with van der Waals surface area (Å²) >= 11 is 6.31. The van der Waals surface area contributed by atoms with Gasteiger partial charge in [-0.05, 0) is 45.1 Å². The highest BCUT2D eigenvalue weighted by Crippen LogP contribution is 2.29. The number of aromatic nitrogens is 2. The van der Waals surface area contributed by atoms with Crippen LogP contribution in [0, 0.1) is 24.2 Å². The van der Waals surface area contributed by atoms with Crippen LogP contribution in [-0.4, -0.2) is 75.6 Å². The van der Waals surface area contributed by atoms with E-state index >= 15 is 0 Å². The molecule has 2 N–H and O–H groups in total. The second-order valence-corrected chi connectivity index (χ2v) is 10.5. The molecule has 0 radical (unpaired) electrons. The van der Waals surface area contributed by atoms with Gasteiger partial charge in [-0.15, -0.1) is 0 Å². The van der Waals surface area contributed by atoms with E-state index in [1.807, 2.05) is 12.1 Å². The van der Waals surface area contributed by atoms with Gasteiger partial charge in [-0.2, -0.15) is 5.26 Å². The van der Waals surface area contributed by atoms with Gasteiger partial charge in [0.05, 0.1) is 28.8 Å². The molecule has 0 aliphatic carbocycles. The van der Waals surface area contributed by atoms with E-state index in [-0.39, 0.29) is 29.9 Å². The highest BCUT2D eigenvalue weighted by Gasteiger charge is 2.34. The van der Waals surface area contributed by atoms with E-state index in [1.165, 1.54) is 6.07 Å². The molecule has 208 valence electrons. The minimum Gasteiger partial charge on any atom is -0.361 e. The number of hydrogen-bond acceptors (Lipinski definition) is 7. The van der Waals surface area contributed by atoms with Crippen molar-refractivity contribution in [2.24, 2.45) is 10.9 Å². The number of halogens is 1. The number of ketones is 1. The molecule has 2 fully saturated rings. The SMILES string of the molecule is Cc1cc(C(=O)C(C#N)C(=N[C@H]2CCCCN(CC(=O)N3CCCC3)C2=O)Nc2cccc3c(Cl)c[nH]c23)no1.